The van der Waals surface area contributed by atoms with Crippen molar-refractivity contribution in [1.82, 2.24) is 24.6 Å². The average Bonchev–Trinajstić information content (AvgIpc) is 3.44. The van der Waals surface area contributed by atoms with Gasteiger partial charge in [-0.05, 0) is 61.6 Å². The first kappa shape index (κ1) is 19.5. The number of amides is 1. The van der Waals surface area contributed by atoms with Gasteiger partial charge in [-0.1, -0.05) is 12.1 Å². The smallest absolute Gasteiger partial charge is 0.254 e. The molecule has 2 unspecified atom stereocenters. The Labute approximate surface area is 179 Å². The zero-order valence-corrected chi connectivity index (χ0v) is 17.3. The molecule has 1 aliphatic heterocycles. The molecule has 1 saturated heterocycles. The Hall–Kier alpha value is -3.48. The van der Waals surface area contributed by atoms with Crippen LogP contribution in [0.4, 0.5) is 4.39 Å². The summed E-state index contributed by atoms with van der Waals surface area (Å²) < 4.78 is 15.7. The van der Waals surface area contributed by atoms with E-state index >= 15 is 0 Å². The molecule has 1 aliphatic rings. The second kappa shape index (κ2) is 7.98. The highest BCUT2D eigenvalue weighted by Gasteiger charge is 2.29. The average molecular weight is 417 g/mol. The molecule has 2 atom stereocenters. The molecule has 0 aliphatic carbocycles. The van der Waals surface area contributed by atoms with Crippen LogP contribution >= 0.6 is 0 Å². The van der Waals surface area contributed by atoms with E-state index in [1.54, 1.807) is 18.3 Å². The highest BCUT2D eigenvalue weighted by molar-refractivity contribution is 5.94. The van der Waals surface area contributed by atoms with Crippen LogP contribution in [-0.2, 0) is 6.54 Å². The minimum atomic E-state index is -0.378. The number of piperidine rings is 1. The van der Waals surface area contributed by atoms with Gasteiger partial charge in [0.05, 0.1) is 23.6 Å². The Kier molecular flexibility index (Phi) is 5.02. The molecule has 1 amide bonds. The summed E-state index contributed by atoms with van der Waals surface area (Å²) in [4.78, 5) is 19.3. The van der Waals surface area contributed by atoms with E-state index in [0.29, 0.717) is 18.0 Å². The molecule has 5 rings (SSSR count). The number of hydrogen-bond acceptors (Lipinski definition) is 3. The van der Waals surface area contributed by atoms with Crippen LogP contribution in [0.5, 0.6) is 0 Å². The van der Waals surface area contributed by atoms with Crippen molar-refractivity contribution < 1.29 is 9.18 Å². The standard InChI is InChI=1S/C24H24FN5O/c1-16-9-17(7-8-30(16)24(31)19-3-2-4-21(25)10-19)14-29-15-26-22-11-18(5-6-23(22)29)20-12-27-28-13-20/h2-6,10-13,15-17H,7-9,14H2,1H3,(H,27,28). The molecular weight excluding hydrogens is 393 g/mol. The number of nitrogens with one attached hydrogen (secondary N) is 1. The SMILES string of the molecule is CC1CC(Cn2cnc3cc(-c4cn[nH]c4)ccc32)CCN1C(=O)c1cccc(F)c1. The summed E-state index contributed by atoms with van der Waals surface area (Å²) >= 11 is 0. The largest absolute Gasteiger partial charge is 0.336 e. The minimum absolute atomic E-state index is 0.0923. The molecule has 158 valence electrons. The molecule has 3 heterocycles. The first-order valence-electron chi connectivity index (χ1n) is 10.6. The quantitative estimate of drug-likeness (QED) is 0.531. The van der Waals surface area contributed by atoms with Gasteiger partial charge in [0.15, 0.2) is 0 Å². The lowest BCUT2D eigenvalue weighted by Gasteiger charge is -2.38. The summed E-state index contributed by atoms with van der Waals surface area (Å²) in [6, 6.07) is 12.3. The van der Waals surface area contributed by atoms with Crippen LogP contribution in [0.1, 0.15) is 30.1 Å². The summed E-state index contributed by atoms with van der Waals surface area (Å²) in [5.74, 6) is -0.0147. The van der Waals surface area contributed by atoms with Gasteiger partial charge in [0.1, 0.15) is 5.82 Å². The fourth-order valence-corrected chi connectivity index (χ4v) is 4.60. The molecule has 1 fully saturated rings. The van der Waals surface area contributed by atoms with E-state index in [9.17, 15) is 9.18 Å². The van der Waals surface area contributed by atoms with Crippen molar-refractivity contribution in [3.05, 3.63) is 72.6 Å². The molecule has 6 nitrogen and oxygen atoms in total. The van der Waals surface area contributed by atoms with Gasteiger partial charge < -0.3 is 9.47 Å². The Balaban J connectivity index is 1.28. The van der Waals surface area contributed by atoms with Crippen molar-refractivity contribution in [1.29, 1.82) is 0 Å². The number of hydrogen-bond donors (Lipinski definition) is 1. The second-order valence-corrected chi connectivity index (χ2v) is 8.34. The summed E-state index contributed by atoms with van der Waals surface area (Å²) in [7, 11) is 0. The zero-order chi connectivity index (χ0) is 21.4. The third kappa shape index (κ3) is 3.83. The van der Waals surface area contributed by atoms with Gasteiger partial charge in [-0.25, -0.2) is 9.37 Å². The fourth-order valence-electron chi connectivity index (χ4n) is 4.60. The lowest BCUT2D eigenvalue weighted by atomic mass is 9.91. The van der Waals surface area contributed by atoms with Gasteiger partial charge in [0.2, 0.25) is 0 Å². The Morgan fingerprint density at radius 3 is 2.90 bits per heavy atom. The topological polar surface area (TPSA) is 66.8 Å². The molecule has 2 aromatic carbocycles. The Morgan fingerprint density at radius 2 is 2.13 bits per heavy atom. The molecule has 2 aromatic heterocycles. The maximum atomic E-state index is 13.5. The van der Waals surface area contributed by atoms with Crippen molar-refractivity contribution >= 4 is 16.9 Å². The van der Waals surface area contributed by atoms with Gasteiger partial charge in [0, 0.05) is 36.5 Å². The van der Waals surface area contributed by atoms with Gasteiger partial charge in [-0.2, -0.15) is 5.10 Å². The Morgan fingerprint density at radius 1 is 1.23 bits per heavy atom. The van der Waals surface area contributed by atoms with E-state index in [1.165, 1.54) is 12.1 Å². The van der Waals surface area contributed by atoms with E-state index in [4.69, 9.17) is 0 Å². The summed E-state index contributed by atoms with van der Waals surface area (Å²) in [6.07, 6.45) is 7.40. The van der Waals surface area contributed by atoms with Crippen LogP contribution in [0.25, 0.3) is 22.2 Å². The van der Waals surface area contributed by atoms with Crippen LogP contribution in [0.3, 0.4) is 0 Å². The first-order valence-corrected chi connectivity index (χ1v) is 10.6. The van der Waals surface area contributed by atoms with Crippen LogP contribution in [0, 0.1) is 11.7 Å². The second-order valence-electron chi connectivity index (χ2n) is 8.34. The summed E-state index contributed by atoms with van der Waals surface area (Å²) in [5.41, 5.74) is 4.62. The van der Waals surface area contributed by atoms with Gasteiger partial charge in [0.25, 0.3) is 5.91 Å². The number of carbonyl (C=O) groups is 1. The van der Waals surface area contributed by atoms with Crippen molar-refractivity contribution in [3.63, 3.8) is 0 Å². The van der Waals surface area contributed by atoms with E-state index < -0.39 is 0 Å². The number of fused-ring (bicyclic) bond motifs is 1. The van der Waals surface area contributed by atoms with E-state index in [1.807, 2.05) is 17.4 Å². The van der Waals surface area contributed by atoms with Crippen LogP contribution in [0.2, 0.25) is 0 Å². The predicted molar refractivity (Wildman–Crippen MR) is 117 cm³/mol. The van der Waals surface area contributed by atoms with Crippen LogP contribution in [0.15, 0.2) is 61.2 Å². The molecule has 0 saturated carbocycles. The van der Waals surface area contributed by atoms with Crippen molar-refractivity contribution in [3.8, 4) is 11.1 Å². The maximum absolute atomic E-state index is 13.5. The fraction of sp³-hybridized carbons (Fsp3) is 0.292. The lowest BCUT2D eigenvalue weighted by Crippen LogP contribution is -2.45. The third-order valence-corrected chi connectivity index (χ3v) is 6.22. The van der Waals surface area contributed by atoms with Crippen molar-refractivity contribution in [2.24, 2.45) is 5.92 Å². The third-order valence-electron chi connectivity index (χ3n) is 6.22. The summed E-state index contributed by atoms with van der Waals surface area (Å²) in [5, 5.41) is 6.86. The summed E-state index contributed by atoms with van der Waals surface area (Å²) in [6.45, 7) is 3.62. The molecule has 0 radical (unpaired) electrons. The van der Waals surface area contributed by atoms with Crippen LogP contribution in [-0.4, -0.2) is 43.1 Å². The molecule has 31 heavy (non-hydrogen) atoms. The number of imidazole rings is 1. The number of likely N-dealkylation sites (tertiary alicyclic amines) is 1. The predicted octanol–water partition coefficient (Wildman–Crippen LogP) is 4.51. The highest BCUT2D eigenvalue weighted by atomic mass is 19.1. The monoisotopic (exact) mass is 417 g/mol. The molecule has 7 heteroatoms. The van der Waals surface area contributed by atoms with Crippen LogP contribution < -0.4 is 0 Å². The molecule has 0 spiro atoms. The van der Waals surface area contributed by atoms with E-state index in [2.05, 4.69) is 44.9 Å². The maximum Gasteiger partial charge on any atom is 0.254 e. The molecule has 0 bridgehead atoms. The number of carbonyl (C=O) groups excluding carboxylic acids is 1. The molecule has 4 aromatic rings. The Bertz CT molecular complexity index is 1220. The van der Waals surface area contributed by atoms with E-state index in [-0.39, 0.29) is 17.8 Å². The highest BCUT2D eigenvalue weighted by Crippen LogP contribution is 2.28. The number of H-pyrrole nitrogens is 1. The first-order chi connectivity index (χ1) is 15.1. The van der Waals surface area contributed by atoms with Gasteiger partial charge in [-0.3, -0.25) is 9.89 Å². The van der Waals surface area contributed by atoms with E-state index in [0.717, 1.165) is 41.5 Å². The number of aromatic nitrogens is 4. The number of halogens is 1. The molecule has 1 N–H and O–H groups in total. The zero-order valence-electron chi connectivity index (χ0n) is 17.3. The lowest BCUT2D eigenvalue weighted by molar-refractivity contribution is 0.0564. The van der Waals surface area contributed by atoms with Crippen molar-refractivity contribution in [2.45, 2.75) is 32.4 Å². The molecular formula is C24H24FN5O. The number of rotatable bonds is 4. The number of nitrogens with zero attached hydrogens (tertiary/aromatic N) is 4. The number of aromatic amines is 1. The normalized spacial score (nSPS) is 19.1. The number of benzene rings is 2. The minimum Gasteiger partial charge on any atom is -0.336 e. The van der Waals surface area contributed by atoms with Crippen molar-refractivity contribution in [2.75, 3.05) is 6.54 Å². The van der Waals surface area contributed by atoms with Gasteiger partial charge >= 0.3 is 0 Å². The van der Waals surface area contributed by atoms with Gasteiger partial charge in [-0.15, -0.1) is 0 Å².